The summed E-state index contributed by atoms with van der Waals surface area (Å²) in [6.07, 6.45) is -0.441. The molecule has 18 heavy (non-hydrogen) atoms. The monoisotopic (exact) mass is 250 g/mol. The van der Waals surface area contributed by atoms with E-state index in [4.69, 9.17) is 4.74 Å². The lowest BCUT2D eigenvalue weighted by molar-refractivity contribution is 0.0636. The molecule has 0 atom stereocenters. The fourth-order valence-corrected chi connectivity index (χ4v) is 1.44. The van der Waals surface area contributed by atoms with Crippen LogP contribution in [0.5, 0.6) is 0 Å². The van der Waals surface area contributed by atoms with Gasteiger partial charge in [-0.05, 0) is 52.8 Å². The van der Waals surface area contributed by atoms with Crippen LogP contribution in [-0.4, -0.2) is 17.7 Å². The number of rotatable bonds is 3. The molecule has 100 valence electrons. The summed E-state index contributed by atoms with van der Waals surface area (Å²) in [4.78, 5) is 11.6. The van der Waals surface area contributed by atoms with Crippen molar-refractivity contribution in [2.24, 2.45) is 0 Å². The van der Waals surface area contributed by atoms with Crippen molar-refractivity contribution in [2.45, 2.75) is 46.3 Å². The summed E-state index contributed by atoms with van der Waals surface area (Å²) < 4.78 is 5.19. The fourth-order valence-electron chi connectivity index (χ4n) is 1.44. The third kappa shape index (κ3) is 5.57. The standard InChI is InChI=1S/C14H22N2O2/c1-10(2)15-11-7-6-8-12(9-11)16-13(17)18-14(3,4)5/h6-10,15H,1-5H3,(H,16,17). The van der Waals surface area contributed by atoms with E-state index in [0.29, 0.717) is 6.04 Å². The van der Waals surface area contributed by atoms with Gasteiger partial charge in [0.15, 0.2) is 0 Å². The first-order valence-corrected chi connectivity index (χ1v) is 6.13. The van der Waals surface area contributed by atoms with E-state index in [2.05, 4.69) is 24.5 Å². The van der Waals surface area contributed by atoms with E-state index < -0.39 is 11.7 Å². The van der Waals surface area contributed by atoms with Gasteiger partial charge in [0.2, 0.25) is 0 Å². The minimum atomic E-state index is -0.488. The quantitative estimate of drug-likeness (QED) is 0.856. The van der Waals surface area contributed by atoms with Gasteiger partial charge in [0, 0.05) is 17.4 Å². The van der Waals surface area contributed by atoms with Gasteiger partial charge >= 0.3 is 6.09 Å². The van der Waals surface area contributed by atoms with Crippen molar-refractivity contribution in [1.82, 2.24) is 0 Å². The average Bonchev–Trinajstić information content (AvgIpc) is 2.13. The molecule has 0 heterocycles. The molecule has 0 bridgehead atoms. The van der Waals surface area contributed by atoms with Crippen molar-refractivity contribution in [1.29, 1.82) is 0 Å². The van der Waals surface area contributed by atoms with Crippen LogP contribution in [0.3, 0.4) is 0 Å². The number of benzene rings is 1. The maximum atomic E-state index is 11.6. The Morgan fingerprint density at radius 2 is 1.83 bits per heavy atom. The van der Waals surface area contributed by atoms with Gasteiger partial charge in [-0.15, -0.1) is 0 Å². The minimum Gasteiger partial charge on any atom is -0.444 e. The highest BCUT2D eigenvalue weighted by Gasteiger charge is 2.16. The molecule has 0 aliphatic carbocycles. The predicted octanol–water partition coefficient (Wildman–Crippen LogP) is 3.85. The second-order valence-electron chi connectivity index (χ2n) is 5.51. The molecule has 2 N–H and O–H groups in total. The van der Waals surface area contributed by atoms with E-state index in [0.717, 1.165) is 11.4 Å². The first kappa shape index (κ1) is 14.4. The van der Waals surface area contributed by atoms with Crippen molar-refractivity contribution in [3.63, 3.8) is 0 Å². The molecule has 0 aliphatic rings. The van der Waals surface area contributed by atoms with Crippen LogP contribution in [0.15, 0.2) is 24.3 Å². The molecule has 1 rings (SSSR count). The molecule has 0 aliphatic heterocycles. The summed E-state index contributed by atoms with van der Waals surface area (Å²) in [5.74, 6) is 0. The number of hydrogen-bond acceptors (Lipinski definition) is 3. The maximum absolute atomic E-state index is 11.6. The third-order valence-electron chi connectivity index (χ3n) is 1.96. The van der Waals surface area contributed by atoms with Gasteiger partial charge in [0.05, 0.1) is 0 Å². The molecule has 0 fully saturated rings. The molecule has 4 nitrogen and oxygen atoms in total. The van der Waals surface area contributed by atoms with E-state index in [1.165, 1.54) is 0 Å². The number of hydrogen-bond donors (Lipinski definition) is 2. The predicted molar refractivity (Wildman–Crippen MR) is 75.1 cm³/mol. The van der Waals surface area contributed by atoms with Gasteiger partial charge in [-0.2, -0.15) is 0 Å². The van der Waals surface area contributed by atoms with E-state index >= 15 is 0 Å². The van der Waals surface area contributed by atoms with Crippen LogP contribution in [0.1, 0.15) is 34.6 Å². The summed E-state index contributed by atoms with van der Waals surface area (Å²) >= 11 is 0. The molecule has 0 saturated heterocycles. The smallest absolute Gasteiger partial charge is 0.412 e. The van der Waals surface area contributed by atoms with Gasteiger partial charge < -0.3 is 10.1 Å². The lowest BCUT2D eigenvalue weighted by Crippen LogP contribution is -2.27. The Kier molecular flexibility index (Phi) is 4.59. The lowest BCUT2D eigenvalue weighted by Gasteiger charge is -2.20. The molecule has 0 radical (unpaired) electrons. The molecule has 0 unspecified atom stereocenters. The molecular weight excluding hydrogens is 228 g/mol. The van der Waals surface area contributed by atoms with Crippen molar-refractivity contribution >= 4 is 17.5 Å². The van der Waals surface area contributed by atoms with Gasteiger partial charge in [0.25, 0.3) is 0 Å². The molecule has 0 spiro atoms. The zero-order valence-electron chi connectivity index (χ0n) is 11.7. The van der Waals surface area contributed by atoms with Crippen molar-refractivity contribution in [3.8, 4) is 0 Å². The van der Waals surface area contributed by atoms with E-state index in [-0.39, 0.29) is 0 Å². The summed E-state index contributed by atoms with van der Waals surface area (Å²) in [5.41, 5.74) is 1.20. The Morgan fingerprint density at radius 3 is 2.39 bits per heavy atom. The summed E-state index contributed by atoms with van der Waals surface area (Å²) in [7, 11) is 0. The van der Waals surface area contributed by atoms with Crippen molar-refractivity contribution in [2.75, 3.05) is 10.6 Å². The SMILES string of the molecule is CC(C)Nc1cccc(NC(=O)OC(C)(C)C)c1. The molecular formula is C14H22N2O2. The average molecular weight is 250 g/mol. The fraction of sp³-hybridized carbons (Fsp3) is 0.500. The normalized spacial score (nSPS) is 11.2. The Labute approximate surface area is 109 Å². The minimum absolute atomic E-state index is 0.349. The Hall–Kier alpha value is -1.71. The lowest BCUT2D eigenvalue weighted by atomic mass is 10.2. The maximum Gasteiger partial charge on any atom is 0.412 e. The van der Waals surface area contributed by atoms with Crippen LogP contribution in [-0.2, 0) is 4.74 Å². The van der Waals surface area contributed by atoms with Gasteiger partial charge in [-0.1, -0.05) is 6.07 Å². The first-order chi connectivity index (χ1) is 8.26. The number of ether oxygens (including phenoxy) is 1. The Morgan fingerprint density at radius 1 is 1.22 bits per heavy atom. The number of anilines is 2. The highest BCUT2D eigenvalue weighted by Crippen LogP contribution is 2.17. The number of carbonyl (C=O) groups excluding carboxylic acids is 1. The number of nitrogens with one attached hydrogen (secondary N) is 2. The van der Waals surface area contributed by atoms with Crippen molar-refractivity contribution < 1.29 is 9.53 Å². The molecule has 1 aromatic rings. The summed E-state index contributed by atoms with van der Waals surface area (Å²) in [6.45, 7) is 9.64. The second kappa shape index (κ2) is 5.76. The van der Waals surface area contributed by atoms with Crippen molar-refractivity contribution in [3.05, 3.63) is 24.3 Å². The Balaban J connectivity index is 2.65. The van der Waals surface area contributed by atoms with Gasteiger partial charge in [-0.3, -0.25) is 5.32 Å². The van der Waals surface area contributed by atoms with E-state index in [9.17, 15) is 4.79 Å². The summed E-state index contributed by atoms with van der Waals surface area (Å²) in [5, 5.41) is 5.99. The topological polar surface area (TPSA) is 50.4 Å². The highest BCUT2D eigenvalue weighted by molar-refractivity contribution is 5.85. The van der Waals surface area contributed by atoms with Crippen LogP contribution in [0.4, 0.5) is 16.2 Å². The molecule has 1 aromatic carbocycles. The van der Waals surface area contributed by atoms with Gasteiger partial charge in [-0.25, -0.2) is 4.79 Å². The van der Waals surface area contributed by atoms with E-state index in [1.807, 2.05) is 45.0 Å². The van der Waals surface area contributed by atoms with Crippen LogP contribution in [0, 0.1) is 0 Å². The number of carbonyl (C=O) groups is 1. The van der Waals surface area contributed by atoms with Crippen LogP contribution < -0.4 is 10.6 Å². The number of amides is 1. The third-order valence-corrected chi connectivity index (χ3v) is 1.96. The van der Waals surface area contributed by atoms with E-state index in [1.54, 1.807) is 0 Å². The van der Waals surface area contributed by atoms with Crippen LogP contribution >= 0.6 is 0 Å². The Bertz CT molecular complexity index is 409. The highest BCUT2D eigenvalue weighted by atomic mass is 16.6. The zero-order valence-corrected chi connectivity index (χ0v) is 11.7. The van der Waals surface area contributed by atoms with Crippen LogP contribution in [0.2, 0.25) is 0 Å². The molecule has 0 aromatic heterocycles. The largest absolute Gasteiger partial charge is 0.444 e. The second-order valence-corrected chi connectivity index (χ2v) is 5.51. The molecule has 4 heteroatoms. The summed E-state index contributed by atoms with van der Waals surface area (Å²) in [6, 6.07) is 7.90. The van der Waals surface area contributed by atoms with Gasteiger partial charge in [0.1, 0.15) is 5.60 Å². The molecule has 0 saturated carbocycles. The first-order valence-electron chi connectivity index (χ1n) is 6.13. The molecule has 1 amide bonds. The van der Waals surface area contributed by atoms with Crippen LogP contribution in [0.25, 0.3) is 0 Å². The zero-order chi connectivity index (χ0) is 13.8.